The van der Waals surface area contributed by atoms with Crippen LogP contribution in [0.25, 0.3) is 6.08 Å². The number of carbonyl (C=O) groups is 3. The van der Waals surface area contributed by atoms with Gasteiger partial charge in [-0.1, -0.05) is 60.7 Å². The Morgan fingerprint density at radius 2 is 1.62 bits per heavy atom. The van der Waals surface area contributed by atoms with Crippen molar-refractivity contribution in [2.24, 2.45) is 5.92 Å². The van der Waals surface area contributed by atoms with Gasteiger partial charge in [0.25, 0.3) is 5.69 Å². The van der Waals surface area contributed by atoms with Gasteiger partial charge in [0.2, 0.25) is 5.91 Å². The van der Waals surface area contributed by atoms with Gasteiger partial charge in [-0.2, -0.15) is 0 Å². The van der Waals surface area contributed by atoms with Crippen molar-refractivity contribution in [3.8, 4) is 0 Å². The number of benzene rings is 4. The van der Waals surface area contributed by atoms with Crippen molar-refractivity contribution >= 4 is 40.6 Å². The number of carbonyl (C=O) groups excluding carboxylic acids is 3. The summed E-state index contributed by atoms with van der Waals surface area (Å²) >= 11 is 0. The molecule has 1 N–H and O–H groups in total. The maximum Gasteiger partial charge on any atom is 0.270 e. The first-order valence-corrected chi connectivity index (χ1v) is 13.4. The number of halogens is 1. The van der Waals surface area contributed by atoms with E-state index in [1.54, 1.807) is 24.3 Å². The van der Waals surface area contributed by atoms with Crippen LogP contribution in [0.4, 0.5) is 21.5 Å². The van der Waals surface area contributed by atoms with Crippen molar-refractivity contribution in [2.75, 3.05) is 10.2 Å². The summed E-state index contributed by atoms with van der Waals surface area (Å²) in [5, 5.41) is 14.5. The van der Waals surface area contributed by atoms with Crippen molar-refractivity contribution in [2.45, 2.75) is 17.5 Å². The van der Waals surface area contributed by atoms with E-state index in [2.05, 4.69) is 5.32 Å². The van der Waals surface area contributed by atoms with E-state index in [0.717, 1.165) is 17.7 Å². The van der Waals surface area contributed by atoms with Crippen molar-refractivity contribution in [1.82, 2.24) is 0 Å². The zero-order valence-electron chi connectivity index (χ0n) is 21.9. The average molecular weight is 560 g/mol. The van der Waals surface area contributed by atoms with Crippen LogP contribution in [-0.2, 0) is 10.2 Å². The molecule has 0 bridgehead atoms. The SMILES string of the molecule is O=C(c1cccc([N+](=O)[O-])c1)[C@@H]1[C@H](C(=O)c2ccc(F)cc2)[C@@]2(C(=O)Nc3ccccc32)C2C=Cc3ccccc3N21. The maximum atomic E-state index is 14.6. The van der Waals surface area contributed by atoms with Crippen LogP contribution >= 0.6 is 0 Å². The highest BCUT2D eigenvalue weighted by Gasteiger charge is 2.70. The number of nitro benzene ring substituents is 1. The Balaban J connectivity index is 1.53. The fraction of sp³-hybridized carbons (Fsp3) is 0.121. The molecule has 0 aromatic heterocycles. The topological polar surface area (TPSA) is 110 Å². The molecule has 0 saturated carbocycles. The van der Waals surface area contributed by atoms with Crippen molar-refractivity contribution in [3.05, 3.63) is 141 Å². The number of anilines is 2. The minimum Gasteiger partial charge on any atom is -0.352 e. The van der Waals surface area contributed by atoms with Crippen molar-refractivity contribution in [3.63, 3.8) is 0 Å². The molecule has 3 heterocycles. The molecule has 1 amide bonds. The number of Topliss-reactive ketones (excluding diaryl/α,β-unsaturated/α-hetero) is 2. The summed E-state index contributed by atoms with van der Waals surface area (Å²) < 4.78 is 13.9. The normalized spacial score (nSPS) is 23.2. The second-order valence-corrected chi connectivity index (χ2v) is 10.6. The van der Waals surface area contributed by atoms with E-state index < -0.39 is 51.6 Å². The molecule has 9 heteroatoms. The average Bonchev–Trinajstić information content (AvgIpc) is 3.49. The van der Waals surface area contributed by atoms with Crippen molar-refractivity contribution < 1.29 is 23.7 Å². The smallest absolute Gasteiger partial charge is 0.270 e. The Kier molecular flexibility index (Phi) is 5.65. The number of para-hydroxylation sites is 2. The van der Waals surface area contributed by atoms with Gasteiger partial charge in [-0.05, 0) is 47.5 Å². The van der Waals surface area contributed by atoms with E-state index in [1.165, 1.54) is 36.4 Å². The molecule has 206 valence electrons. The van der Waals surface area contributed by atoms with Gasteiger partial charge in [0.05, 0.1) is 16.9 Å². The lowest BCUT2D eigenvalue weighted by atomic mass is 9.64. The molecular weight excluding hydrogens is 537 g/mol. The van der Waals surface area contributed by atoms with Crippen LogP contribution in [0.5, 0.6) is 0 Å². The summed E-state index contributed by atoms with van der Waals surface area (Å²) in [6.45, 7) is 0. The maximum absolute atomic E-state index is 14.6. The van der Waals surface area contributed by atoms with E-state index in [-0.39, 0.29) is 16.8 Å². The lowest BCUT2D eigenvalue weighted by molar-refractivity contribution is -0.384. The van der Waals surface area contributed by atoms with Crippen LogP contribution in [0.1, 0.15) is 31.8 Å². The number of hydrogen-bond acceptors (Lipinski definition) is 6. The van der Waals surface area contributed by atoms with Crippen LogP contribution in [0.2, 0.25) is 0 Å². The molecule has 4 atom stereocenters. The summed E-state index contributed by atoms with van der Waals surface area (Å²) in [4.78, 5) is 56.4. The molecule has 1 saturated heterocycles. The van der Waals surface area contributed by atoms with Gasteiger partial charge in [0.1, 0.15) is 17.3 Å². The van der Waals surface area contributed by atoms with E-state index in [4.69, 9.17) is 0 Å². The molecule has 42 heavy (non-hydrogen) atoms. The first-order chi connectivity index (χ1) is 20.3. The summed E-state index contributed by atoms with van der Waals surface area (Å²) in [5.74, 6) is -3.28. The second-order valence-electron chi connectivity index (χ2n) is 10.6. The van der Waals surface area contributed by atoms with Gasteiger partial charge in [-0.15, -0.1) is 0 Å². The fourth-order valence-corrected chi connectivity index (χ4v) is 6.86. The predicted octanol–water partition coefficient (Wildman–Crippen LogP) is 5.59. The third-order valence-corrected chi connectivity index (χ3v) is 8.56. The largest absolute Gasteiger partial charge is 0.352 e. The molecule has 3 aliphatic rings. The number of nitrogens with one attached hydrogen (secondary N) is 1. The number of fused-ring (bicyclic) bond motifs is 6. The molecular formula is C33H22FN3O5. The summed E-state index contributed by atoms with van der Waals surface area (Å²) in [6, 6.07) is 22.9. The summed E-state index contributed by atoms with van der Waals surface area (Å²) in [6.07, 6.45) is 3.72. The lowest BCUT2D eigenvalue weighted by Gasteiger charge is -2.37. The van der Waals surface area contributed by atoms with Gasteiger partial charge < -0.3 is 10.2 Å². The highest BCUT2D eigenvalue weighted by atomic mass is 19.1. The first-order valence-electron chi connectivity index (χ1n) is 13.4. The Morgan fingerprint density at radius 1 is 0.881 bits per heavy atom. The van der Waals surface area contributed by atoms with Gasteiger partial charge >= 0.3 is 0 Å². The van der Waals surface area contributed by atoms with Gasteiger partial charge in [-0.25, -0.2) is 4.39 Å². The van der Waals surface area contributed by atoms with Crippen LogP contribution in [0.3, 0.4) is 0 Å². The highest BCUT2D eigenvalue weighted by Crippen LogP contribution is 2.58. The molecule has 1 unspecified atom stereocenters. The monoisotopic (exact) mass is 559 g/mol. The van der Waals surface area contributed by atoms with Crippen LogP contribution in [-0.4, -0.2) is 34.5 Å². The van der Waals surface area contributed by atoms with Crippen LogP contribution in [0.15, 0.2) is 103 Å². The number of amides is 1. The molecule has 4 aromatic carbocycles. The molecule has 1 spiro atoms. The third-order valence-electron chi connectivity index (χ3n) is 8.56. The first kappa shape index (κ1) is 25.5. The summed E-state index contributed by atoms with van der Waals surface area (Å²) in [5.41, 5.74) is 0.940. The molecule has 8 nitrogen and oxygen atoms in total. The van der Waals surface area contributed by atoms with E-state index in [9.17, 15) is 28.9 Å². The molecule has 0 radical (unpaired) electrons. The van der Waals surface area contributed by atoms with Gasteiger partial charge in [0, 0.05) is 34.6 Å². The van der Waals surface area contributed by atoms with Gasteiger partial charge in [-0.3, -0.25) is 24.5 Å². The number of ketones is 2. The Hall–Kier alpha value is -5.44. The van der Waals surface area contributed by atoms with E-state index in [0.29, 0.717) is 16.9 Å². The fourth-order valence-electron chi connectivity index (χ4n) is 6.86. The van der Waals surface area contributed by atoms with Crippen LogP contribution < -0.4 is 10.2 Å². The highest BCUT2D eigenvalue weighted by molar-refractivity contribution is 6.18. The Bertz CT molecular complexity index is 1850. The number of hydrogen-bond donors (Lipinski definition) is 1. The number of nitro groups is 1. The zero-order valence-corrected chi connectivity index (χ0v) is 21.9. The van der Waals surface area contributed by atoms with E-state index >= 15 is 0 Å². The number of non-ortho nitro benzene ring substituents is 1. The standard InChI is InChI=1S/C33H22FN3O5/c34-22-15-12-20(13-16-22)30(38)28-29(31(39)21-7-5-8-23(18-21)37(41)42)36-26-11-4-1-6-19(26)14-17-27(36)33(28)24-9-2-3-10-25(24)35-32(33)40/h1-18,27-29H,(H,35,40)/t27?,28-,29+,33+/m1/s1. The number of rotatable bonds is 5. The zero-order chi connectivity index (χ0) is 29.2. The molecule has 3 aliphatic heterocycles. The van der Waals surface area contributed by atoms with E-state index in [1.807, 2.05) is 41.3 Å². The summed E-state index contributed by atoms with van der Waals surface area (Å²) in [7, 11) is 0. The van der Waals surface area contributed by atoms with Crippen molar-refractivity contribution in [1.29, 1.82) is 0 Å². The minimum absolute atomic E-state index is 0.0423. The molecule has 1 fully saturated rings. The number of nitrogens with zero attached hydrogens (tertiary/aromatic N) is 2. The molecule has 7 rings (SSSR count). The van der Waals surface area contributed by atoms with Gasteiger partial charge in [0.15, 0.2) is 11.6 Å². The predicted molar refractivity (Wildman–Crippen MR) is 154 cm³/mol. The quantitative estimate of drug-likeness (QED) is 0.194. The molecule has 4 aromatic rings. The van der Waals surface area contributed by atoms with Crippen LogP contribution in [0, 0.1) is 21.8 Å². The second kappa shape index (κ2) is 9.31. The Morgan fingerprint density at radius 3 is 2.40 bits per heavy atom. The Labute approximate surface area is 239 Å². The lowest BCUT2D eigenvalue weighted by Crippen LogP contribution is -2.51. The third kappa shape index (κ3) is 3.49. The molecule has 0 aliphatic carbocycles. The minimum atomic E-state index is -1.53.